The van der Waals surface area contributed by atoms with Gasteiger partial charge in [0.2, 0.25) is 5.91 Å². The predicted octanol–water partition coefficient (Wildman–Crippen LogP) is 3.61. The van der Waals surface area contributed by atoms with Gasteiger partial charge in [0.1, 0.15) is 11.4 Å². The van der Waals surface area contributed by atoms with E-state index >= 15 is 0 Å². The van der Waals surface area contributed by atoms with E-state index in [4.69, 9.17) is 9.15 Å². The number of hydrogen-bond acceptors (Lipinski definition) is 4. The maximum atomic E-state index is 13.4. The second-order valence-electron chi connectivity index (χ2n) is 7.46. The van der Waals surface area contributed by atoms with E-state index in [1.54, 1.807) is 18.4 Å². The van der Waals surface area contributed by atoms with E-state index in [-0.39, 0.29) is 24.2 Å². The van der Waals surface area contributed by atoms with Gasteiger partial charge in [-0.25, -0.2) is 4.39 Å². The molecule has 1 amide bonds. The Bertz CT molecular complexity index is 977. The quantitative estimate of drug-likeness (QED) is 0.692. The SMILES string of the molecule is Cc1ccc2c(CC(=O)NC[C@H](c3ccc(F)cc3)N3CCOCC3)coc2c1. The van der Waals surface area contributed by atoms with Crippen LogP contribution in [0, 0.1) is 12.7 Å². The van der Waals surface area contributed by atoms with Crippen molar-refractivity contribution in [3.05, 3.63) is 71.2 Å². The number of nitrogens with zero attached hydrogens (tertiary/aromatic N) is 1. The third-order valence-corrected chi connectivity index (χ3v) is 5.40. The first kappa shape index (κ1) is 19.6. The Morgan fingerprint density at radius 1 is 1.17 bits per heavy atom. The Labute approximate surface area is 169 Å². The van der Waals surface area contributed by atoms with Gasteiger partial charge >= 0.3 is 0 Å². The Balaban J connectivity index is 1.44. The zero-order chi connectivity index (χ0) is 20.2. The number of furan rings is 1. The van der Waals surface area contributed by atoms with Crippen molar-refractivity contribution in [2.45, 2.75) is 19.4 Å². The summed E-state index contributed by atoms with van der Waals surface area (Å²) in [6.45, 7) is 5.35. The van der Waals surface area contributed by atoms with E-state index < -0.39 is 0 Å². The number of nitrogens with one attached hydrogen (secondary N) is 1. The molecule has 1 aromatic heterocycles. The van der Waals surface area contributed by atoms with Crippen molar-refractivity contribution in [1.82, 2.24) is 10.2 Å². The highest BCUT2D eigenvalue weighted by Gasteiger charge is 2.23. The molecular weight excluding hydrogens is 371 g/mol. The molecule has 4 rings (SSSR count). The molecule has 152 valence electrons. The number of rotatable bonds is 6. The smallest absolute Gasteiger partial charge is 0.224 e. The van der Waals surface area contributed by atoms with E-state index in [2.05, 4.69) is 10.2 Å². The molecule has 0 radical (unpaired) electrons. The molecule has 6 heteroatoms. The Morgan fingerprint density at radius 3 is 2.69 bits per heavy atom. The van der Waals surface area contributed by atoms with E-state index in [0.717, 1.165) is 40.7 Å². The molecule has 5 nitrogen and oxygen atoms in total. The van der Waals surface area contributed by atoms with Crippen molar-refractivity contribution >= 4 is 16.9 Å². The van der Waals surface area contributed by atoms with Crippen LogP contribution in [-0.2, 0) is 16.0 Å². The van der Waals surface area contributed by atoms with Gasteiger partial charge < -0.3 is 14.5 Å². The summed E-state index contributed by atoms with van der Waals surface area (Å²) in [5, 5.41) is 4.02. The van der Waals surface area contributed by atoms with Crippen LogP contribution in [0.3, 0.4) is 0 Å². The molecule has 29 heavy (non-hydrogen) atoms. The maximum Gasteiger partial charge on any atom is 0.224 e. The average molecular weight is 396 g/mol. The van der Waals surface area contributed by atoms with Gasteiger partial charge in [0.25, 0.3) is 0 Å². The van der Waals surface area contributed by atoms with E-state index in [1.165, 1.54) is 12.1 Å². The zero-order valence-electron chi connectivity index (χ0n) is 16.5. The summed E-state index contributed by atoms with van der Waals surface area (Å²) in [7, 11) is 0. The topological polar surface area (TPSA) is 54.7 Å². The fraction of sp³-hybridized carbons (Fsp3) is 0.348. The van der Waals surface area contributed by atoms with Gasteiger partial charge in [-0.15, -0.1) is 0 Å². The summed E-state index contributed by atoms with van der Waals surface area (Å²) in [5.74, 6) is -0.325. The van der Waals surface area contributed by atoms with Gasteiger partial charge in [-0.05, 0) is 36.2 Å². The van der Waals surface area contributed by atoms with Crippen molar-refractivity contribution in [3.8, 4) is 0 Å². The molecular formula is C23H25FN2O3. The number of halogens is 1. The second-order valence-corrected chi connectivity index (χ2v) is 7.46. The molecule has 1 aliphatic heterocycles. The highest BCUT2D eigenvalue weighted by Crippen LogP contribution is 2.24. The van der Waals surface area contributed by atoms with Crippen molar-refractivity contribution in [1.29, 1.82) is 0 Å². The fourth-order valence-electron chi connectivity index (χ4n) is 3.81. The second kappa shape index (κ2) is 8.76. The van der Waals surface area contributed by atoms with Gasteiger partial charge in [0, 0.05) is 30.6 Å². The number of morpholine rings is 1. The average Bonchev–Trinajstić information content (AvgIpc) is 3.12. The maximum absolute atomic E-state index is 13.4. The summed E-state index contributed by atoms with van der Waals surface area (Å²) in [6.07, 6.45) is 1.92. The Hall–Kier alpha value is -2.70. The van der Waals surface area contributed by atoms with E-state index in [9.17, 15) is 9.18 Å². The number of ether oxygens (including phenoxy) is 1. The third-order valence-electron chi connectivity index (χ3n) is 5.40. The number of carbonyl (C=O) groups excluding carboxylic acids is 1. The lowest BCUT2D eigenvalue weighted by molar-refractivity contribution is -0.120. The number of fused-ring (bicyclic) bond motifs is 1. The van der Waals surface area contributed by atoms with Crippen LogP contribution in [0.25, 0.3) is 11.0 Å². The number of amides is 1. The van der Waals surface area contributed by atoms with Crippen LogP contribution in [0.15, 0.2) is 53.1 Å². The van der Waals surface area contributed by atoms with Crippen LogP contribution in [0.5, 0.6) is 0 Å². The minimum Gasteiger partial charge on any atom is -0.464 e. The van der Waals surface area contributed by atoms with Crippen LogP contribution in [0.4, 0.5) is 4.39 Å². The molecule has 1 aliphatic rings. The lowest BCUT2D eigenvalue weighted by Gasteiger charge is -2.35. The molecule has 1 atom stereocenters. The van der Waals surface area contributed by atoms with E-state index in [0.29, 0.717) is 19.8 Å². The number of aryl methyl sites for hydroxylation is 1. The van der Waals surface area contributed by atoms with Gasteiger partial charge in [0.05, 0.1) is 31.9 Å². The first-order chi connectivity index (χ1) is 14.1. The van der Waals surface area contributed by atoms with Crippen molar-refractivity contribution in [2.75, 3.05) is 32.8 Å². The van der Waals surface area contributed by atoms with Gasteiger partial charge in [-0.1, -0.05) is 24.3 Å². The molecule has 0 bridgehead atoms. The standard InChI is InChI=1S/C23H25FN2O3/c1-16-2-7-20-18(15-29-22(20)12-16)13-23(27)25-14-21(26-8-10-28-11-9-26)17-3-5-19(24)6-4-17/h2-7,12,15,21H,8-11,13-14H2,1H3,(H,25,27)/t21-/m1/s1. The Morgan fingerprint density at radius 2 is 1.93 bits per heavy atom. The molecule has 0 aliphatic carbocycles. The molecule has 1 fully saturated rings. The van der Waals surface area contributed by atoms with Gasteiger partial charge in [0.15, 0.2) is 0 Å². The largest absolute Gasteiger partial charge is 0.464 e. The predicted molar refractivity (Wildman–Crippen MR) is 109 cm³/mol. The summed E-state index contributed by atoms with van der Waals surface area (Å²) in [6, 6.07) is 12.5. The van der Waals surface area contributed by atoms with Crippen molar-refractivity contribution < 1.29 is 18.3 Å². The third kappa shape index (κ3) is 4.66. The molecule has 0 saturated carbocycles. The molecule has 1 N–H and O–H groups in total. The molecule has 0 unspecified atom stereocenters. The van der Waals surface area contributed by atoms with Crippen molar-refractivity contribution in [2.24, 2.45) is 0 Å². The first-order valence-electron chi connectivity index (χ1n) is 9.91. The van der Waals surface area contributed by atoms with Crippen LogP contribution < -0.4 is 5.32 Å². The minimum absolute atomic E-state index is 0.0211. The number of benzene rings is 2. The lowest BCUT2D eigenvalue weighted by atomic mass is 10.0. The summed E-state index contributed by atoms with van der Waals surface area (Å²) in [5.41, 5.74) is 3.78. The molecule has 2 aromatic carbocycles. The van der Waals surface area contributed by atoms with Crippen molar-refractivity contribution in [3.63, 3.8) is 0 Å². The van der Waals surface area contributed by atoms with Crippen LogP contribution in [-0.4, -0.2) is 43.7 Å². The van der Waals surface area contributed by atoms with Crippen LogP contribution >= 0.6 is 0 Å². The Kier molecular flexibility index (Phi) is 5.92. The normalized spacial score (nSPS) is 16.1. The number of hydrogen-bond donors (Lipinski definition) is 1. The fourth-order valence-corrected chi connectivity index (χ4v) is 3.81. The summed E-state index contributed by atoms with van der Waals surface area (Å²) < 4.78 is 24.4. The van der Waals surface area contributed by atoms with Gasteiger partial charge in [-0.2, -0.15) is 0 Å². The van der Waals surface area contributed by atoms with Gasteiger partial charge in [-0.3, -0.25) is 9.69 Å². The zero-order valence-corrected chi connectivity index (χ0v) is 16.5. The van der Waals surface area contributed by atoms with Crippen LogP contribution in [0.2, 0.25) is 0 Å². The monoisotopic (exact) mass is 396 g/mol. The first-order valence-corrected chi connectivity index (χ1v) is 9.91. The lowest BCUT2D eigenvalue weighted by Crippen LogP contribution is -2.44. The number of carbonyl (C=O) groups is 1. The molecule has 0 spiro atoms. The van der Waals surface area contributed by atoms with Crippen LogP contribution in [0.1, 0.15) is 22.7 Å². The minimum atomic E-state index is -0.263. The van der Waals surface area contributed by atoms with E-state index in [1.807, 2.05) is 25.1 Å². The molecule has 3 aromatic rings. The summed E-state index contributed by atoms with van der Waals surface area (Å²) in [4.78, 5) is 14.9. The molecule has 2 heterocycles. The molecule has 1 saturated heterocycles. The highest BCUT2D eigenvalue weighted by molar-refractivity contribution is 5.87. The highest BCUT2D eigenvalue weighted by atomic mass is 19.1. The summed E-state index contributed by atoms with van der Waals surface area (Å²) >= 11 is 0.